The van der Waals surface area contributed by atoms with Gasteiger partial charge in [-0.3, -0.25) is 19.3 Å². The topological polar surface area (TPSA) is 63.7 Å². The number of rotatable bonds is 2. The van der Waals surface area contributed by atoms with Crippen LogP contribution in [0.5, 0.6) is 0 Å². The molecule has 5 heteroatoms. The van der Waals surface area contributed by atoms with Gasteiger partial charge >= 0.3 is 5.97 Å². The number of esters is 1. The van der Waals surface area contributed by atoms with Gasteiger partial charge in [0.15, 0.2) is 0 Å². The molecule has 0 aromatic heterocycles. The van der Waals surface area contributed by atoms with Crippen LogP contribution in [-0.4, -0.2) is 34.8 Å². The van der Waals surface area contributed by atoms with Crippen molar-refractivity contribution < 1.29 is 19.1 Å². The highest BCUT2D eigenvalue weighted by Crippen LogP contribution is 2.71. The molecule has 0 aromatic rings. The second kappa shape index (κ2) is 4.25. The smallest absolute Gasteiger partial charge is 0.302 e. The van der Waals surface area contributed by atoms with Gasteiger partial charge in [-0.1, -0.05) is 6.58 Å². The van der Waals surface area contributed by atoms with E-state index in [1.54, 1.807) is 0 Å². The zero-order valence-corrected chi connectivity index (χ0v) is 13.2. The second-order valence-electron chi connectivity index (χ2n) is 8.03. The molecule has 4 aliphatic carbocycles. The van der Waals surface area contributed by atoms with Gasteiger partial charge in [-0.15, -0.1) is 0 Å². The van der Waals surface area contributed by atoms with E-state index in [0.29, 0.717) is 35.5 Å². The van der Waals surface area contributed by atoms with E-state index >= 15 is 0 Å². The van der Waals surface area contributed by atoms with Crippen molar-refractivity contribution in [1.29, 1.82) is 0 Å². The van der Waals surface area contributed by atoms with Gasteiger partial charge in [0.05, 0.1) is 12.0 Å². The number of hydrogen-bond acceptors (Lipinski definition) is 4. The summed E-state index contributed by atoms with van der Waals surface area (Å²) >= 11 is 0. The van der Waals surface area contributed by atoms with Crippen LogP contribution in [0, 0.1) is 41.4 Å². The lowest BCUT2D eigenvalue weighted by Gasteiger charge is -2.53. The molecule has 1 heterocycles. The number of likely N-dealkylation sites (tertiary alicyclic amines) is 1. The molecule has 5 aliphatic rings. The molecule has 0 radical (unpaired) electrons. The molecule has 122 valence electrons. The largest absolute Gasteiger partial charge is 0.462 e. The minimum absolute atomic E-state index is 0.00217. The molecule has 1 aliphatic heterocycles. The number of hydrogen-bond donors (Lipinski definition) is 0. The first-order chi connectivity index (χ1) is 11.0. The van der Waals surface area contributed by atoms with E-state index in [0.717, 1.165) is 19.3 Å². The molecule has 4 saturated carbocycles. The van der Waals surface area contributed by atoms with E-state index in [4.69, 9.17) is 4.74 Å². The van der Waals surface area contributed by atoms with E-state index in [1.807, 2.05) is 0 Å². The van der Waals surface area contributed by atoms with Gasteiger partial charge in [0.2, 0.25) is 5.91 Å². The number of amides is 2. The molecule has 5 rings (SSSR count). The average Bonchev–Trinajstić information content (AvgIpc) is 3.20. The highest BCUT2D eigenvalue weighted by atomic mass is 16.5. The normalized spacial score (nSPS) is 51.3. The van der Waals surface area contributed by atoms with Crippen LogP contribution in [0.15, 0.2) is 12.7 Å². The van der Waals surface area contributed by atoms with Crippen molar-refractivity contribution in [3.8, 4) is 0 Å². The summed E-state index contributed by atoms with van der Waals surface area (Å²) in [4.78, 5) is 37.2. The molecule has 9 unspecified atom stereocenters. The lowest BCUT2D eigenvalue weighted by molar-refractivity contribution is -0.176. The van der Waals surface area contributed by atoms with E-state index in [-0.39, 0.29) is 35.8 Å². The van der Waals surface area contributed by atoms with Crippen molar-refractivity contribution >= 4 is 17.8 Å². The van der Waals surface area contributed by atoms with E-state index < -0.39 is 0 Å². The van der Waals surface area contributed by atoms with Crippen LogP contribution < -0.4 is 0 Å². The fraction of sp³-hybridized carbons (Fsp3) is 0.722. The van der Waals surface area contributed by atoms with Gasteiger partial charge in [-0.05, 0) is 60.8 Å². The number of ether oxygens (including phenoxy) is 1. The molecule has 0 aromatic carbocycles. The van der Waals surface area contributed by atoms with Gasteiger partial charge in [0.1, 0.15) is 6.10 Å². The van der Waals surface area contributed by atoms with Crippen molar-refractivity contribution in [2.45, 2.75) is 38.3 Å². The zero-order valence-electron chi connectivity index (χ0n) is 13.2. The van der Waals surface area contributed by atoms with Crippen LogP contribution >= 0.6 is 0 Å². The van der Waals surface area contributed by atoms with Crippen molar-refractivity contribution in [3.05, 3.63) is 12.7 Å². The Bertz CT molecular complexity index is 643. The average molecular weight is 315 g/mol. The van der Waals surface area contributed by atoms with E-state index in [1.165, 1.54) is 17.9 Å². The number of nitrogens with zero attached hydrogens (tertiary/aromatic N) is 1. The molecular weight excluding hydrogens is 294 g/mol. The van der Waals surface area contributed by atoms with Crippen LogP contribution in [0.1, 0.15) is 26.2 Å². The van der Waals surface area contributed by atoms with Gasteiger partial charge < -0.3 is 4.74 Å². The monoisotopic (exact) mass is 315 g/mol. The standard InChI is InChI=1S/C18H21NO4/c1-3-13(21)19-17-11-6-10(16(17)18(19)22)15-9-4-8(14(11)15)5-12(9)23-7(2)20/h3,8-12,14-17H,1,4-6H2,2H3. The lowest BCUT2D eigenvalue weighted by Crippen LogP contribution is -2.67. The molecule has 5 fully saturated rings. The summed E-state index contributed by atoms with van der Waals surface area (Å²) in [5.74, 6) is 2.63. The van der Waals surface area contributed by atoms with Gasteiger partial charge in [0, 0.05) is 6.92 Å². The maximum Gasteiger partial charge on any atom is 0.302 e. The molecule has 1 saturated heterocycles. The van der Waals surface area contributed by atoms with E-state index in [9.17, 15) is 14.4 Å². The van der Waals surface area contributed by atoms with Gasteiger partial charge in [-0.25, -0.2) is 0 Å². The molecular formula is C18H21NO4. The first-order valence-corrected chi connectivity index (χ1v) is 8.69. The van der Waals surface area contributed by atoms with Crippen molar-refractivity contribution in [1.82, 2.24) is 4.90 Å². The lowest BCUT2D eigenvalue weighted by atomic mass is 9.61. The third-order valence-electron chi connectivity index (χ3n) is 7.42. The Balaban J connectivity index is 1.43. The van der Waals surface area contributed by atoms with Crippen LogP contribution in [0.3, 0.4) is 0 Å². The quantitative estimate of drug-likeness (QED) is 0.334. The summed E-state index contributed by atoms with van der Waals surface area (Å²) in [7, 11) is 0. The molecule has 0 N–H and O–H groups in total. The predicted molar refractivity (Wildman–Crippen MR) is 79.7 cm³/mol. The number of β-lactam (4-membered cyclic amide) rings is 1. The molecule has 5 nitrogen and oxygen atoms in total. The maximum atomic E-state index is 12.5. The van der Waals surface area contributed by atoms with Crippen molar-refractivity contribution in [2.75, 3.05) is 0 Å². The molecule has 23 heavy (non-hydrogen) atoms. The number of carbonyl (C=O) groups is 3. The highest BCUT2D eigenvalue weighted by Gasteiger charge is 2.74. The summed E-state index contributed by atoms with van der Waals surface area (Å²) in [6, 6.07) is 0.116. The second-order valence-corrected chi connectivity index (χ2v) is 8.03. The number of fused-ring (bicyclic) bond motifs is 12. The number of imide groups is 1. The van der Waals surface area contributed by atoms with Crippen molar-refractivity contribution in [2.24, 2.45) is 41.4 Å². The summed E-state index contributed by atoms with van der Waals surface area (Å²) in [6.45, 7) is 5.01. The molecule has 2 amide bonds. The zero-order chi connectivity index (χ0) is 16.0. The Kier molecular flexibility index (Phi) is 2.54. The minimum Gasteiger partial charge on any atom is -0.462 e. The van der Waals surface area contributed by atoms with Crippen LogP contribution in [-0.2, 0) is 19.1 Å². The SMILES string of the molecule is C=CC(=O)N1C(=O)C2C3CC(C4C5CC(OC(C)=O)C(C5)C34)C21. The minimum atomic E-state index is -0.235. The highest BCUT2D eigenvalue weighted by molar-refractivity contribution is 6.06. The summed E-state index contributed by atoms with van der Waals surface area (Å²) in [5.41, 5.74) is 0. The Morgan fingerprint density at radius 1 is 1.17 bits per heavy atom. The number of carbonyl (C=O) groups excluding carboxylic acids is 3. The Hall–Kier alpha value is -1.65. The summed E-state index contributed by atoms with van der Waals surface area (Å²) < 4.78 is 5.54. The van der Waals surface area contributed by atoms with Crippen molar-refractivity contribution in [3.63, 3.8) is 0 Å². The van der Waals surface area contributed by atoms with Gasteiger partial charge in [0.25, 0.3) is 5.91 Å². The predicted octanol–water partition coefficient (Wildman–Crippen LogP) is 1.38. The first kappa shape index (κ1) is 13.8. The molecule has 4 bridgehead atoms. The van der Waals surface area contributed by atoms with Gasteiger partial charge in [-0.2, -0.15) is 0 Å². The van der Waals surface area contributed by atoms with E-state index in [2.05, 4.69) is 6.58 Å². The fourth-order valence-corrected chi connectivity index (χ4v) is 7.14. The first-order valence-electron chi connectivity index (χ1n) is 8.69. The fourth-order valence-electron chi connectivity index (χ4n) is 7.14. The Morgan fingerprint density at radius 2 is 1.96 bits per heavy atom. The third kappa shape index (κ3) is 1.47. The summed E-state index contributed by atoms with van der Waals surface area (Å²) in [6.07, 6.45) is 4.47. The molecule has 0 spiro atoms. The maximum absolute atomic E-state index is 12.5. The Morgan fingerprint density at radius 3 is 2.65 bits per heavy atom. The summed E-state index contributed by atoms with van der Waals surface area (Å²) in [5, 5.41) is 0. The van der Waals surface area contributed by atoms with Crippen LogP contribution in [0.4, 0.5) is 0 Å². The third-order valence-corrected chi connectivity index (χ3v) is 7.42. The molecule has 9 atom stereocenters. The Labute approximate surface area is 135 Å². The van der Waals surface area contributed by atoms with Crippen LogP contribution in [0.2, 0.25) is 0 Å². The van der Waals surface area contributed by atoms with Crippen LogP contribution in [0.25, 0.3) is 0 Å².